The van der Waals surface area contributed by atoms with Gasteiger partial charge in [0.2, 0.25) is 0 Å². The fourth-order valence-corrected chi connectivity index (χ4v) is 13.4. The fourth-order valence-electron chi connectivity index (χ4n) is 1.24. The molecule has 1 atom stereocenters. The third-order valence-electron chi connectivity index (χ3n) is 2.21. The first-order valence-corrected chi connectivity index (χ1v) is 11.9. The van der Waals surface area contributed by atoms with E-state index < -0.39 is 12.0 Å². The van der Waals surface area contributed by atoms with Crippen LogP contribution in [0.3, 0.4) is 0 Å². The summed E-state index contributed by atoms with van der Waals surface area (Å²) in [6, 6.07) is 0. The van der Waals surface area contributed by atoms with Gasteiger partial charge in [-0.2, -0.15) is 0 Å². The van der Waals surface area contributed by atoms with Crippen molar-refractivity contribution in [3.05, 3.63) is 21.1 Å². The minimum absolute atomic E-state index is 0.0775. The van der Waals surface area contributed by atoms with Crippen LogP contribution in [0.5, 0.6) is 0 Å². The van der Waals surface area contributed by atoms with Gasteiger partial charge in [0, 0.05) is 0 Å². The first-order valence-electron chi connectivity index (χ1n) is 5.15. The van der Waals surface area contributed by atoms with Gasteiger partial charge >= 0.3 is 102 Å². The van der Waals surface area contributed by atoms with Crippen molar-refractivity contribution in [3.63, 3.8) is 0 Å². The molecule has 3 heteroatoms. The molecule has 0 spiro atoms. The molecule has 0 radical (unpaired) electrons. The summed E-state index contributed by atoms with van der Waals surface area (Å²) in [5.74, 6) is 0. The molecule has 1 aliphatic heterocycles. The Morgan fingerprint density at radius 1 is 1.00 bits per heavy atom. The zero-order valence-corrected chi connectivity index (χ0v) is 13.8. The Morgan fingerprint density at radius 3 is 1.87 bits per heavy atom. The van der Waals surface area contributed by atoms with E-state index in [1.165, 1.54) is 8.94 Å². The van der Waals surface area contributed by atoms with Crippen LogP contribution < -0.4 is 0 Å². The SMILES string of the molecule is CC(C)(C)C1=CC=C(C(C)(C)C)[Se](=O)[Se]1. The second-order valence-electron chi connectivity index (χ2n) is 5.88. The molecule has 0 aromatic heterocycles. The zero-order chi connectivity index (χ0) is 11.9. The number of rotatable bonds is 0. The molecule has 1 rings (SSSR count). The van der Waals surface area contributed by atoms with Crippen LogP contribution in [0.4, 0.5) is 0 Å². The summed E-state index contributed by atoms with van der Waals surface area (Å²) in [4.78, 5) is 0. The first-order chi connectivity index (χ1) is 6.62. The molecule has 0 bridgehead atoms. The second kappa shape index (κ2) is 4.29. The molecule has 0 amide bonds. The maximum absolute atomic E-state index is 12.2. The van der Waals surface area contributed by atoms with Crippen LogP contribution in [-0.4, -0.2) is 25.1 Å². The van der Waals surface area contributed by atoms with E-state index in [1.807, 2.05) is 0 Å². The van der Waals surface area contributed by atoms with Crippen molar-refractivity contribution in [3.8, 4) is 0 Å². The molecule has 0 aromatic carbocycles. The molecule has 1 nitrogen and oxygen atoms in total. The first kappa shape index (κ1) is 13.4. The molecule has 1 heterocycles. The number of allylic oxidation sites excluding steroid dienone is 4. The van der Waals surface area contributed by atoms with E-state index in [0.29, 0.717) is 0 Å². The summed E-state index contributed by atoms with van der Waals surface area (Å²) in [5.41, 5.74) is 0.264. The Hall–Kier alpha value is 0.319. The quantitative estimate of drug-likeness (QED) is 0.621. The molecular weight excluding hydrogens is 318 g/mol. The molecule has 1 unspecified atom stereocenters. The van der Waals surface area contributed by atoms with E-state index in [9.17, 15) is 3.83 Å². The van der Waals surface area contributed by atoms with Crippen molar-refractivity contribution in [2.45, 2.75) is 41.5 Å². The van der Waals surface area contributed by atoms with Crippen LogP contribution in [0.15, 0.2) is 21.1 Å². The van der Waals surface area contributed by atoms with Crippen LogP contribution in [0.1, 0.15) is 41.5 Å². The van der Waals surface area contributed by atoms with Gasteiger partial charge in [-0.05, 0) is 0 Å². The summed E-state index contributed by atoms with van der Waals surface area (Å²) in [6.45, 7) is 13.1. The average molecular weight is 338 g/mol. The van der Waals surface area contributed by atoms with Crippen LogP contribution in [-0.2, 0) is 3.83 Å². The molecule has 0 fully saturated rings. The maximum atomic E-state index is 12.2. The van der Waals surface area contributed by atoms with Gasteiger partial charge in [0.25, 0.3) is 0 Å². The van der Waals surface area contributed by atoms with Gasteiger partial charge in [-0.15, -0.1) is 0 Å². The monoisotopic (exact) mass is 340 g/mol. The van der Waals surface area contributed by atoms with Crippen molar-refractivity contribution in [1.82, 2.24) is 0 Å². The Kier molecular flexibility index (Phi) is 3.83. The van der Waals surface area contributed by atoms with Crippen LogP contribution in [0, 0.1) is 10.8 Å². The van der Waals surface area contributed by atoms with Crippen LogP contribution in [0.25, 0.3) is 0 Å². The van der Waals surface area contributed by atoms with Gasteiger partial charge in [0.15, 0.2) is 0 Å². The van der Waals surface area contributed by atoms with E-state index >= 15 is 0 Å². The normalized spacial score (nSPS) is 23.5. The molecule has 0 saturated heterocycles. The molecule has 0 saturated carbocycles. The van der Waals surface area contributed by atoms with Gasteiger partial charge in [0.05, 0.1) is 0 Å². The predicted molar refractivity (Wildman–Crippen MR) is 67.3 cm³/mol. The summed E-state index contributed by atoms with van der Waals surface area (Å²) in [7, 11) is 0. The second-order valence-corrected chi connectivity index (χ2v) is 14.2. The summed E-state index contributed by atoms with van der Waals surface area (Å²) >= 11 is -1.54. The molecular formula is C12H20OSe2. The summed E-state index contributed by atoms with van der Waals surface area (Å²) in [6.07, 6.45) is 4.32. The molecule has 15 heavy (non-hydrogen) atoms. The number of hydrogen-bond donors (Lipinski definition) is 0. The number of hydrogen-bond acceptors (Lipinski definition) is 1. The van der Waals surface area contributed by atoms with Crippen LogP contribution in [0.2, 0.25) is 0 Å². The van der Waals surface area contributed by atoms with Crippen molar-refractivity contribution < 1.29 is 3.83 Å². The van der Waals surface area contributed by atoms with E-state index in [2.05, 4.69) is 53.7 Å². The van der Waals surface area contributed by atoms with E-state index in [0.717, 1.165) is 0 Å². The van der Waals surface area contributed by atoms with E-state index in [4.69, 9.17) is 0 Å². The predicted octanol–water partition coefficient (Wildman–Crippen LogP) is 3.06. The molecule has 0 aromatic rings. The van der Waals surface area contributed by atoms with Gasteiger partial charge < -0.3 is 0 Å². The third kappa shape index (κ3) is 3.39. The Bertz CT molecular complexity index is 338. The summed E-state index contributed by atoms with van der Waals surface area (Å²) < 4.78 is 14.8. The minimum atomic E-state index is -1.75. The summed E-state index contributed by atoms with van der Waals surface area (Å²) in [5, 5.41) is 0. The van der Waals surface area contributed by atoms with Crippen molar-refractivity contribution >= 4 is 25.1 Å². The van der Waals surface area contributed by atoms with Gasteiger partial charge in [-0.3, -0.25) is 0 Å². The topological polar surface area (TPSA) is 17.1 Å². The molecule has 1 aliphatic rings. The Morgan fingerprint density at radius 2 is 1.53 bits per heavy atom. The van der Waals surface area contributed by atoms with Gasteiger partial charge in [-0.25, -0.2) is 0 Å². The van der Waals surface area contributed by atoms with Gasteiger partial charge in [-0.1, -0.05) is 0 Å². The van der Waals surface area contributed by atoms with Crippen molar-refractivity contribution in [2.24, 2.45) is 10.8 Å². The zero-order valence-electron chi connectivity index (χ0n) is 10.4. The van der Waals surface area contributed by atoms with Crippen LogP contribution >= 0.6 is 0 Å². The Labute approximate surface area is 102 Å². The standard InChI is InChI=1S/C12H20OSe2/c1-11(2,3)9-7-8-10(12(4,5)6)15(13)14-9/h7-8H,1-6H3. The molecule has 0 N–H and O–H groups in total. The Balaban J connectivity index is 3.05. The molecule has 86 valence electrons. The average Bonchev–Trinajstić information content (AvgIpc) is 1.99. The van der Waals surface area contributed by atoms with E-state index in [-0.39, 0.29) is 24.0 Å². The van der Waals surface area contributed by atoms with E-state index in [1.54, 1.807) is 0 Å². The van der Waals surface area contributed by atoms with Gasteiger partial charge in [0.1, 0.15) is 0 Å². The third-order valence-corrected chi connectivity index (χ3v) is 12.4. The fraction of sp³-hybridized carbons (Fsp3) is 0.667. The van der Waals surface area contributed by atoms with Crippen molar-refractivity contribution in [1.29, 1.82) is 0 Å². The van der Waals surface area contributed by atoms with Crippen molar-refractivity contribution in [2.75, 3.05) is 0 Å². The molecule has 0 aliphatic carbocycles.